The Labute approximate surface area is 240 Å². The second kappa shape index (κ2) is 13.2. The molecule has 0 fully saturated rings. The zero-order chi connectivity index (χ0) is 31.1. The molecule has 12 heteroatoms. The van der Waals surface area contributed by atoms with Gasteiger partial charge in [-0.05, 0) is 62.4 Å². The fourth-order valence-corrected chi connectivity index (χ4v) is 3.88. The molecule has 0 unspecified atom stereocenters. The quantitative estimate of drug-likeness (QED) is 0.193. The largest absolute Gasteiger partial charge is 0.492 e. The van der Waals surface area contributed by atoms with Gasteiger partial charge in [0, 0.05) is 0 Å². The van der Waals surface area contributed by atoms with Crippen molar-refractivity contribution in [3.63, 3.8) is 0 Å². The number of methoxy groups -OCH3 is 4. The minimum atomic E-state index is -0.962. The Kier molecular flexibility index (Phi) is 9.76. The highest BCUT2D eigenvalue weighted by Crippen LogP contribution is 2.37. The molecule has 0 saturated carbocycles. The molecule has 0 atom stereocenters. The Morgan fingerprint density at radius 3 is 1.12 bits per heavy atom. The average Bonchev–Trinajstić information content (AvgIpc) is 2.99. The third-order valence-electron chi connectivity index (χ3n) is 5.93. The molecule has 0 heterocycles. The van der Waals surface area contributed by atoms with Crippen LogP contribution in [0.2, 0.25) is 0 Å². The van der Waals surface area contributed by atoms with Crippen LogP contribution in [0.5, 0.6) is 23.0 Å². The highest BCUT2D eigenvalue weighted by atomic mass is 16.6. The lowest BCUT2D eigenvalue weighted by atomic mass is 10.1. The van der Waals surface area contributed by atoms with Gasteiger partial charge in [-0.1, -0.05) is 0 Å². The molecule has 42 heavy (non-hydrogen) atoms. The van der Waals surface area contributed by atoms with Gasteiger partial charge in [0.2, 0.25) is 0 Å². The summed E-state index contributed by atoms with van der Waals surface area (Å²) in [7, 11) is 4.84. The van der Waals surface area contributed by atoms with E-state index in [0.717, 1.165) is 0 Å². The van der Waals surface area contributed by atoms with E-state index in [4.69, 9.17) is 18.9 Å². The molecule has 3 aromatic rings. The normalized spacial score (nSPS) is 10.2. The summed E-state index contributed by atoms with van der Waals surface area (Å²) in [6.45, 7) is 2.47. The van der Waals surface area contributed by atoms with E-state index >= 15 is 0 Å². The summed E-state index contributed by atoms with van der Waals surface area (Å²) in [4.78, 5) is 74.4. The van der Waals surface area contributed by atoms with Crippen LogP contribution < -0.4 is 18.9 Å². The third-order valence-corrected chi connectivity index (χ3v) is 5.93. The Morgan fingerprint density at radius 1 is 0.476 bits per heavy atom. The van der Waals surface area contributed by atoms with Crippen LogP contribution in [0.3, 0.4) is 0 Å². The summed E-state index contributed by atoms with van der Waals surface area (Å²) in [5.41, 5.74) is -0.252. The van der Waals surface area contributed by atoms with Crippen LogP contribution in [0.15, 0.2) is 48.5 Å². The number of hydrogen-bond donors (Lipinski definition) is 0. The van der Waals surface area contributed by atoms with Crippen LogP contribution in [0.1, 0.15) is 76.0 Å². The first-order valence-corrected chi connectivity index (χ1v) is 12.1. The van der Waals surface area contributed by atoms with E-state index in [0.29, 0.717) is 0 Å². The van der Waals surface area contributed by atoms with Crippen molar-refractivity contribution in [3.8, 4) is 23.0 Å². The number of carbonyl (C=O) groups excluding carboxylic acids is 6. The first-order valence-electron chi connectivity index (χ1n) is 12.1. The van der Waals surface area contributed by atoms with Crippen molar-refractivity contribution >= 4 is 35.4 Å². The molecule has 3 aromatic carbocycles. The van der Waals surface area contributed by atoms with Crippen molar-refractivity contribution in [2.75, 3.05) is 28.4 Å². The van der Waals surface area contributed by atoms with Crippen molar-refractivity contribution in [3.05, 3.63) is 81.9 Å². The minimum absolute atomic E-state index is 0.0446. The summed E-state index contributed by atoms with van der Waals surface area (Å²) in [5, 5.41) is 0. The Morgan fingerprint density at radius 2 is 0.833 bits per heavy atom. The summed E-state index contributed by atoms with van der Waals surface area (Å²) in [6, 6.07) is 10.1. The van der Waals surface area contributed by atoms with Crippen molar-refractivity contribution in [1.82, 2.24) is 0 Å². The molecule has 0 saturated heterocycles. The molecule has 0 aromatic heterocycles. The molecule has 0 aliphatic carbocycles. The van der Waals surface area contributed by atoms with E-state index in [9.17, 15) is 28.8 Å². The Hall–Kier alpha value is -5.52. The van der Waals surface area contributed by atoms with Crippen LogP contribution >= 0.6 is 0 Å². The van der Waals surface area contributed by atoms with Crippen LogP contribution in [-0.2, 0) is 9.47 Å². The standard InChI is InChI=1S/C30H26O12/c1-15(31)21-13-17(27(33)39-5)7-11-23(21)41-29(35)19-9-10-20(26(38-4)25(19)37-3)30(36)42-24-12-8-18(28(34)40-6)14-22(24)16(2)32/h7-14H,1-6H3. The predicted octanol–water partition coefficient (Wildman–Crippen LogP) is 4.12. The molecule has 0 spiro atoms. The molecule has 0 amide bonds. The maximum Gasteiger partial charge on any atom is 0.347 e. The smallest absolute Gasteiger partial charge is 0.347 e. The molecule has 218 valence electrons. The maximum absolute atomic E-state index is 13.2. The van der Waals surface area contributed by atoms with E-state index in [2.05, 4.69) is 9.47 Å². The van der Waals surface area contributed by atoms with Gasteiger partial charge in [-0.25, -0.2) is 19.2 Å². The van der Waals surface area contributed by atoms with Gasteiger partial charge in [0.05, 0.1) is 50.7 Å². The predicted molar refractivity (Wildman–Crippen MR) is 145 cm³/mol. The summed E-state index contributed by atoms with van der Waals surface area (Å²) in [6.07, 6.45) is 0. The second-order valence-corrected chi connectivity index (χ2v) is 8.52. The van der Waals surface area contributed by atoms with Gasteiger partial charge >= 0.3 is 23.9 Å². The van der Waals surface area contributed by atoms with Crippen LogP contribution in [0.25, 0.3) is 0 Å². The van der Waals surface area contributed by atoms with Crippen molar-refractivity contribution in [2.24, 2.45) is 0 Å². The van der Waals surface area contributed by atoms with Crippen LogP contribution in [0, 0.1) is 0 Å². The number of ketones is 2. The van der Waals surface area contributed by atoms with Gasteiger partial charge in [0.1, 0.15) is 22.6 Å². The molecule has 0 aliphatic rings. The highest BCUT2D eigenvalue weighted by Gasteiger charge is 2.27. The van der Waals surface area contributed by atoms with Crippen molar-refractivity contribution in [2.45, 2.75) is 13.8 Å². The zero-order valence-corrected chi connectivity index (χ0v) is 23.5. The summed E-state index contributed by atoms with van der Waals surface area (Å²) >= 11 is 0. The molecule has 12 nitrogen and oxygen atoms in total. The van der Waals surface area contributed by atoms with Gasteiger partial charge in [-0.2, -0.15) is 0 Å². The maximum atomic E-state index is 13.2. The number of benzene rings is 3. The van der Waals surface area contributed by atoms with Gasteiger partial charge < -0.3 is 28.4 Å². The van der Waals surface area contributed by atoms with E-state index < -0.39 is 35.4 Å². The topological polar surface area (TPSA) is 158 Å². The zero-order valence-electron chi connectivity index (χ0n) is 23.5. The van der Waals surface area contributed by atoms with Gasteiger partial charge in [0.15, 0.2) is 23.1 Å². The average molecular weight is 579 g/mol. The number of ether oxygens (including phenoxy) is 6. The summed E-state index contributed by atoms with van der Waals surface area (Å²) < 4.78 is 30.9. The van der Waals surface area contributed by atoms with E-state index in [1.807, 2.05) is 0 Å². The number of rotatable bonds is 10. The van der Waals surface area contributed by atoms with Crippen molar-refractivity contribution < 1.29 is 57.2 Å². The molecular formula is C30H26O12. The van der Waals surface area contributed by atoms with Crippen LogP contribution in [-0.4, -0.2) is 63.9 Å². The van der Waals surface area contributed by atoms with E-state index in [-0.39, 0.29) is 56.4 Å². The number of esters is 4. The van der Waals surface area contributed by atoms with Gasteiger partial charge in [-0.3, -0.25) is 9.59 Å². The van der Waals surface area contributed by atoms with E-state index in [1.165, 1.54) is 90.8 Å². The lowest BCUT2D eigenvalue weighted by molar-refractivity contribution is 0.0591. The summed E-state index contributed by atoms with van der Waals surface area (Å²) in [5.74, 6) is -4.86. The molecule has 0 radical (unpaired) electrons. The molecule has 0 N–H and O–H groups in total. The highest BCUT2D eigenvalue weighted by molar-refractivity contribution is 6.05. The third kappa shape index (κ3) is 6.44. The first kappa shape index (κ1) is 31.0. The van der Waals surface area contributed by atoms with Gasteiger partial charge in [0.25, 0.3) is 0 Å². The number of carbonyl (C=O) groups is 6. The monoisotopic (exact) mass is 578 g/mol. The lowest BCUT2D eigenvalue weighted by Crippen LogP contribution is -2.17. The first-order chi connectivity index (χ1) is 20.0. The van der Waals surface area contributed by atoms with Gasteiger partial charge in [-0.15, -0.1) is 0 Å². The Balaban J connectivity index is 1.98. The van der Waals surface area contributed by atoms with Crippen LogP contribution in [0.4, 0.5) is 0 Å². The van der Waals surface area contributed by atoms with Crippen molar-refractivity contribution in [1.29, 1.82) is 0 Å². The fraction of sp³-hybridized carbons (Fsp3) is 0.200. The number of Topliss-reactive ketones (excluding diaryl/α,β-unsaturated/α-hetero) is 2. The molecular weight excluding hydrogens is 552 g/mol. The van der Waals surface area contributed by atoms with E-state index in [1.54, 1.807) is 0 Å². The SMILES string of the molecule is COC(=O)c1ccc(OC(=O)c2ccc(C(=O)Oc3ccc(C(=O)OC)cc3C(C)=O)c(OC)c2OC)c(C(C)=O)c1. The molecule has 0 bridgehead atoms. The lowest BCUT2D eigenvalue weighted by Gasteiger charge is -2.16. The minimum Gasteiger partial charge on any atom is -0.492 e. The Bertz CT molecular complexity index is 1480. The number of hydrogen-bond acceptors (Lipinski definition) is 12. The molecule has 3 rings (SSSR count). The fourth-order valence-electron chi connectivity index (χ4n) is 3.88. The molecule has 0 aliphatic heterocycles. The second-order valence-electron chi connectivity index (χ2n) is 8.52.